The van der Waals surface area contributed by atoms with Gasteiger partial charge in [0.25, 0.3) is 11.3 Å². The number of hydrogen-bond acceptors (Lipinski definition) is 6. The smallest absolute Gasteiger partial charge is 0.323 e. The molecule has 0 bridgehead atoms. The van der Waals surface area contributed by atoms with Gasteiger partial charge in [-0.3, -0.25) is 9.89 Å². The molecule has 1 aromatic carbocycles. The number of aromatic nitrogens is 4. The fourth-order valence-corrected chi connectivity index (χ4v) is 2.28. The maximum Gasteiger partial charge on any atom is 0.323 e. The molecule has 0 spiro atoms. The number of urea groups is 1. The minimum atomic E-state index is -0.618. The molecule has 10 heteroatoms. The highest BCUT2D eigenvalue weighted by Crippen LogP contribution is 2.28. The predicted molar refractivity (Wildman–Crippen MR) is 90.5 cm³/mol. The van der Waals surface area contributed by atoms with E-state index in [0.29, 0.717) is 22.9 Å². The molecule has 0 aliphatic heterocycles. The summed E-state index contributed by atoms with van der Waals surface area (Å²) in [7, 11) is 3.00. The number of aromatic amines is 1. The fraction of sp³-hybridized carbons (Fsp3) is 0.200. The largest absolute Gasteiger partial charge is 0.497 e. The number of rotatable bonds is 4. The molecule has 0 saturated carbocycles. The summed E-state index contributed by atoms with van der Waals surface area (Å²) in [5.74, 6) is 1.22. The van der Waals surface area contributed by atoms with Gasteiger partial charge in [0, 0.05) is 6.07 Å². The minimum Gasteiger partial charge on any atom is -0.497 e. The number of fused-ring (bicyclic) bond motifs is 1. The normalized spacial score (nSPS) is 10.5. The van der Waals surface area contributed by atoms with Gasteiger partial charge in [0.1, 0.15) is 23.5 Å². The van der Waals surface area contributed by atoms with E-state index in [9.17, 15) is 9.59 Å². The molecule has 3 aromatic rings. The Hall–Kier alpha value is -3.56. The van der Waals surface area contributed by atoms with Gasteiger partial charge in [0.2, 0.25) is 0 Å². The van der Waals surface area contributed by atoms with Crippen molar-refractivity contribution in [3.63, 3.8) is 0 Å². The zero-order chi connectivity index (χ0) is 18.0. The molecule has 3 N–H and O–H groups in total. The molecule has 25 heavy (non-hydrogen) atoms. The second-order valence-electron chi connectivity index (χ2n) is 5.05. The number of ether oxygens (including phenoxy) is 2. The van der Waals surface area contributed by atoms with E-state index in [1.54, 1.807) is 25.1 Å². The van der Waals surface area contributed by atoms with Crippen LogP contribution < -0.4 is 25.7 Å². The number of amides is 2. The number of benzene rings is 1. The molecule has 10 nitrogen and oxygen atoms in total. The van der Waals surface area contributed by atoms with Gasteiger partial charge in [-0.2, -0.15) is 4.52 Å². The molecule has 0 unspecified atom stereocenters. The minimum absolute atomic E-state index is 0.0427. The Morgan fingerprint density at radius 3 is 2.76 bits per heavy atom. The zero-order valence-electron chi connectivity index (χ0n) is 13.8. The molecular formula is C15H16N6O4. The van der Waals surface area contributed by atoms with E-state index in [4.69, 9.17) is 9.47 Å². The number of anilines is 2. The number of nitrogens with one attached hydrogen (secondary N) is 3. The van der Waals surface area contributed by atoms with Crippen molar-refractivity contribution >= 4 is 23.2 Å². The maximum absolute atomic E-state index is 12.4. The number of aryl methyl sites for hydroxylation is 1. The Morgan fingerprint density at radius 1 is 1.24 bits per heavy atom. The van der Waals surface area contributed by atoms with Crippen LogP contribution in [0.3, 0.4) is 0 Å². The van der Waals surface area contributed by atoms with Gasteiger partial charge in [-0.05, 0) is 19.1 Å². The van der Waals surface area contributed by atoms with Crippen molar-refractivity contribution in [2.75, 3.05) is 24.9 Å². The number of carbonyl (C=O) groups is 1. The molecule has 0 aliphatic carbocycles. The topological polar surface area (TPSA) is 123 Å². The Labute approximate surface area is 141 Å². The van der Waals surface area contributed by atoms with Crippen LogP contribution in [0.2, 0.25) is 0 Å². The van der Waals surface area contributed by atoms with Crippen molar-refractivity contribution in [2.45, 2.75) is 6.92 Å². The lowest BCUT2D eigenvalue weighted by Gasteiger charge is -2.13. The van der Waals surface area contributed by atoms with Crippen molar-refractivity contribution < 1.29 is 14.3 Å². The first-order valence-electron chi connectivity index (χ1n) is 7.26. The second-order valence-corrected chi connectivity index (χ2v) is 5.05. The van der Waals surface area contributed by atoms with Crippen LogP contribution in [0.25, 0.3) is 5.78 Å². The summed E-state index contributed by atoms with van der Waals surface area (Å²) < 4.78 is 11.5. The number of H-pyrrole nitrogens is 1. The maximum atomic E-state index is 12.4. The van der Waals surface area contributed by atoms with Gasteiger partial charge in [-0.25, -0.2) is 14.8 Å². The Kier molecular flexibility index (Phi) is 4.25. The first-order valence-corrected chi connectivity index (χ1v) is 7.26. The summed E-state index contributed by atoms with van der Waals surface area (Å²) in [5.41, 5.74) is 0.325. The summed E-state index contributed by atoms with van der Waals surface area (Å²) in [6, 6.07) is 4.35. The SMILES string of the molecule is COc1ccc(OC)c(NC(=O)Nc2c(C)nc3nc[nH]n3c2=O)c1. The fourth-order valence-electron chi connectivity index (χ4n) is 2.28. The predicted octanol–water partition coefficient (Wildman–Crippen LogP) is 1.39. The molecular weight excluding hydrogens is 328 g/mol. The van der Waals surface area contributed by atoms with Crippen molar-refractivity contribution in [2.24, 2.45) is 0 Å². The molecule has 3 rings (SSSR count). The van der Waals surface area contributed by atoms with Crippen LogP contribution in [0, 0.1) is 6.92 Å². The zero-order valence-corrected chi connectivity index (χ0v) is 13.8. The number of hydrogen-bond donors (Lipinski definition) is 3. The second kappa shape index (κ2) is 6.51. The van der Waals surface area contributed by atoms with Gasteiger partial charge in [0.05, 0.1) is 25.6 Å². The highest BCUT2D eigenvalue weighted by Gasteiger charge is 2.15. The molecule has 0 aliphatic rings. The molecule has 0 radical (unpaired) electrons. The first kappa shape index (κ1) is 16.3. The molecule has 2 amide bonds. The Balaban J connectivity index is 1.88. The average Bonchev–Trinajstić information content (AvgIpc) is 3.07. The lowest BCUT2D eigenvalue weighted by Crippen LogP contribution is -2.28. The Morgan fingerprint density at radius 2 is 2.04 bits per heavy atom. The van der Waals surface area contributed by atoms with Gasteiger partial charge < -0.3 is 20.1 Å². The Bertz CT molecular complexity index is 993. The van der Waals surface area contributed by atoms with Crippen LogP contribution in [-0.4, -0.2) is 39.8 Å². The van der Waals surface area contributed by atoms with Gasteiger partial charge in [-0.15, -0.1) is 0 Å². The molecule has 2 aromatic heterocycles. The quantitative estimate of drug-likeness (QED) is 0.657. The molecule has 130 valence electrons. The number of carbonyl (C=O) groups excluding carboxylic acids is 1. The van der Waals surface area contributed by atoms with E-state index in [-0.39, 0.29) is 11.5 Å². The van der Waals surface area contributed by atoms with Gasteiger partial charge >= 0.3 is 6.03 Å². The summed E-state index contributed by atoms with van der Waals surface area (Å²) >= 11 is 0. The van der Waals surface area contributed by atoms with Crippen molar-refractivity contribution in [3.05, 3.63) is 40.6 Å². The molecule has 2 heterocycles. The van der Waals surface area contributed by atoms with Crippen LogP contribution in [-0.2, 0) is 0 Å². The van der Waals surface area contributed by atoms with Crippen LogP contribution >= 0.6 is 0 Å². The van der Waals surface area contributed by atoms with Gasteiger partial charge in [-0.1, -0.05) is 0 Å². The van der Waals surface area contributed by atoms with Crippen molar-refractivity contribution in [1.29, 1.82) is 0 Å². The van der Waals surface area contributed by atoms with E-state index in [1.165, 1.54) is 20.5 Å². The highest BCUT2D eigenvalue weighted by molar-refractivity contribution is 6.01. The van der Waals surface area contributed by atoms with Crippen LogP contribution in [0.1, 0.15) is 5.69 Å². The van der Waals surface area contributed by atoms with E-state index in [2.05, 4.69) is 25.7 Å². The lowest BCUT2D eigenvalue weighted by atomic mass is 10.2. The van der Waals surface area contributed by atoms with Crippen LogP contribution in [0.4, 0.5) is 16.2 Å². The molecule has 0 fully saturated rings. The average molecular weight is 344 g/mol. The van der Waals surface area contributed by atoms with E-state index >= 15 is 0 Å². The number of methoxy groups -OCH3 is 2. The summed E-state index contributed by atoms with van der Waals surface area (Å²) in [6.45, 7) is 1.61. The third-order valence-corrected chi connectivity index (χ3v) is 3.51. The summed E-state index contributed by atoms with van der Waals surface area (Å²) in [4.78, 5) is 32.8. The number of nitrogens with zero attached hydrogens (tertiary/aromatic N) is 3. The third-order valence-electron chi connectivity index (χ3n) is 3.51. The van der Waals surface area contributed by atoms with Gasteiger partial charge in [0.15, 0.2) is 0 Å². The van der Waals surface area contributed by atoms with E-state index < -0.39 is 11.6 Å². The highest BCUT2D eigenvalue weighted by atomic mass is 16.5. The monoisotopic (exact) mass is 344 g/mol. The lowest BCUT2D eigenvalue weighted by molar-refractivity contribution is 0.262. The van der Waals surface area contributed by atoms with E-state index in [0.717, 1.165) is 4.52 Å². The van der Waals surface area contributed by atoms with Crippen LogP contribution in [0.15, 0.2) is 29.3 Å². The summed E-state index contributed by atoms with van der Waals surface area (Å²) in [6.07, 6.45) is 1.34. The third kappa shape index (κ3) is 3.09. The first-order chi connectivity index (χ1) is 12.0. The van der Waals surface area contributed by atoms with Crippen molar-refractivity contribution in [1.82, 2.24) is 19.6 Å². The van der Waals surface area contributed by atoms with E-state index in [1.807, 2.05) is 0 Å². The van der Waals surface area contributed by atoms with Crippen LogP contribution in [0.5, 0.6) is 11.5 Å². The molecule has 0 saturated heterocycles. The standard InChI is InChI=1S/C15H16N6O4/c1-8-12(13(22)21-14(18-8)16-7-17-21)20-15(23)19-10-6-9(24-2)4-5-11(10)25-3/h4-7H,1-3H3,(H,16,17,18)(H2,19,20,23). The molecule has 0 atom stereocenters. The summed E-state index contributed by atoms with van der Waals surface area (Å²) in [5, 5.41) is 7.77. The van der Waals surface area contributed by atoms with Crippen molar-refractivity contribution in [3.8, 4) is 11.5 Å².